The molecule has 1 aliphatic rings. The molecular formula is C14H15F3N2O2S2. The van der Waals surface area contributed by atoms with Gasteiger partial charge in [0.25, 0.3) is 5.56 Å². The van der Waals surface area contributed by atoms with Crippen LogP contribution in [0.15, 0.2) is 9.95 Å². The molecular weight excluding hydrogens is 349 g/mol. The van der Waals surface area contributed by atoms with E-state index >= 15 is 0 Å². The third-order valence-corrected chi connectivity index (χ3v) is 5.81. The maximum atomic E-state index is 12.5. The second kappa shape index (κ2) is 6.45. The van der Waals surface area contributed by atoms with Crippen LogP contribution < -0.4 is 5.56 Å². The molecule has 0 aromatic carbocycles. The zero-order chi connectivity index (χ0) is 16.6. The quantitative estimate of drug-likeness (QED) is 0.464. The van der Waals surface area contributed by atoms with E-state index in [0.29, 0.717) is 16.3 Å². The lowest BCUT2D eigenvalue weighted by atomic mass is 10.2. The summed E-state index contributed by atoms with van der Waals surface area (Å²) in [4.78, 5) is 19.0. The second-order valence-electron chi connectivity index (χ2n) is 5.31. The smallest absolute Gasteiger partial charge is 0.371 e. The summed E-state index contributed by atoms with van der Waals surface area (Å²) in [6.07, 6.45) is -1.32. The molecule has 2 aromatic rings. The number of thiophene rings is 1. The van der Waals surface area contributed by atoms with Gasteiger partial charge in [-0.25, -0.2) is 4.98 Å². The van der Waals surface area contributed by atoms with Crippen LogP contribution in [-0.2, 0) is 24.6 Å². The Kier molecular flexibility index (Phi) is 4.70. The average molecular weight is 364 g/mol. The lowest BCUT2D eigenvalue weighted by Gasteiger charge is -2.09. The minimum Gasteiger partial charge on any atom is -0.371 e. The van der Waals surface area contributed by atoms with Gasteiger partial charge >= 0.3 is 6.18 Å². The number of ether oxygens (including phenoxy) is 1. The Morgan fingerprint density at radius 3 is 2.91 bits per heavy atom. The zero-order valence-electron chi connectivity index (χ0n) is 12.4. The molecule has 0 amide bonds. The summed E-state index contributed by atoms with van der Waals surface area (Å²) in [5.74, 6) is 0.312. The monoisotopic (exact) mass is 364 g/mol. The Hall–Kier alpha value is -1.06. The van der Waals surface area contributed by atoms with Crippen molar-refractivity contribution in [3.8, 4) is 0 Å². The van der Waals surface area contributed by atoms with Gasteiger partial charge in [-0.1, -0.05) is 11.8 Å². The summed E-state index contributed by atoms with van der Waals surface area (Å²) < 4.78 is 42.0. The van der Waals surface area contributed by atoms with E-state index in [9.17, 15) is 18.0 Å². The highest BCUT2D eigenvalue weighted by atomic mass is 32.2. The van der Waals surface area contributed by atoms with E-state index in [1.54, 1.807) is 18.4 Å². The number of nitrogens with zero attached hydrogens (tertiary/aromatic N) is 2. The predicted molar refractivity (Wildman–Crippen MR) is 84.5 cm³/mol. The van der Waals surface area contributed by atoms with E-state index in [-0.39, 0.29) is 12.2 Å². The normalized spacial score (nSPS) is 14.6. The van der Waals surface area contributed by atoms with Crippen LogP contribution in [0.3, 0.4) is 0 Å². The molecule has 4 nitrogen and oxygen atoms in total. The molecule has 0 N–H and O–H groups in total. The van der Waals surface area contributed by atoms with Gasteiger partial charge in [0.2, 0.25) is 0 Å². The van der Waals surface area contributed by atoms with Crippen molar-refractivity contribution in [2.45, 2.75) is 30.6 Å². The first-order valence-corrected chi connectivity index (χ1v) is 8.95. The minimum absolute atomic E-state index is 0.0426. The molecule has 0 aliphatic heterocycles. The zero-order valence-corrected chi connectivity index (χ0v) is 14.0. The second-order valence-corrected chi connectivity index (χ2v) is 7.46. The number of thioether (sulfide) groups is 1. The van der Waals surface area contributed by atoms with E-state index in [1.165, 1.54) is 21.2 Å². The first-order valence-electron chi connectivity index (χ1n) is 7.15. The first kappa shape index (κ1) is 16.8. The van der Waals surface area contributed by atoms with E-state index in [4.69, 9.17) is 0 Å². The van der Waals surface area contributed by atoms with Gasteiger partial charge in [0.05, 0.1) is 12.0 Å². The molecule has 0 radical (unpaired) electrons. The van der Waals surface area contributed by atoms with Gasteiger partial charge in [0, 0.05) is 17.7 Å². The Morgan fingerprint density at radius 1 is 1.39 bits per heavy atom. The third kappa shape index (κ3) is 3.56. The van der Waals surface area contributed by atoms with Crippen LogP contribution in [-0.4, -0.2) is 34.7 Å². The van der Waals surface area contributed by atoms with Crippen molar-refractivity contribution in [2.75, 3.05) is 19.0 Å². The molecule has 0 fully saturated rings. The number of alkyl halides is 3. The SMILES string of the molecule is Cn1c(SCCOCC(F)(F)F)nc2sc3c(c2c1=O)CCC3. The molecule has 0 bridgehead atoms. The average Bonchev–Trinajstić information content (AvgIpc) is 3.02. The Balaban J connectivity index is 1.72. The topological polar surface area (TPSA) is 44.1 Å². The maximum absolute atomic E-state index is 12.5. The number of hydrogen-bond acceptors (Lipinski definition) is 5. The largest absolute Gasteiger partial charge is 0.411 e. The summed E-state index contributed by atoms with van der Waals surface area (Å²) >= 11 is 2.79. The van der Waals surface area contributed by atoms with Crippen molar-refractivity contribution >= 4 is 33.3 Å². The molecule has 126 valence electrons. The summed E-state index contributed by atoms with van der Waals surface area (Å²) in [7, 11) is 1.65. The fraction of sp³-hybridized carbons (Fsp3) is 0.571. The number of fused-ring (bicyclic) bond motifs is 3. The van der Waals surface area contributed by atoms with Crippen molar-refractivity contribution in [2.24, 2.45) is 7.05 Å². The number of aryl methyl sites for hydroxylation is 2. The molecule has 0 saturated heterocycles. The lowest BCUT2D eigenvalue weighted by molar-refractivity contribution is -0.172. The van der Waals surface area contributed by atoms with Gasteiger partial charge in [-0.05, 0) is 24.8 Å². The summed E-state index contributed by atoms with van der Waals surface area (Å²) in [6, 6.07) is 0. The van der Waals surface area contributed by atoms with Crippen LogP contribution in [0, 0.1) is 0 Å². The Bertz CT molecular complexity index is 783. The summed E-state index contributed by atoms with van der Waals surface area (Å²) in [6.45, 7) is -1.30. The highest BCUT2D eigenvalue weighted by molar-refractivity contribution is 7.99. The molecule has 2 heterocycles. The van der Waals surface area contributed by atoms with Crippen molar-refractivity contribution in [1.29, 1.82) is 0 Å². The number of aromatic nitrogens is 2. The van der Waals surface area contributed by atoms with Crippen LogP contribution in [0.1, 0.15) is 16.9 Å². The molecule has 1 aliphatic carbocycles. The van der Waals surface area contributed by atoms with Crippen molar-refractivity contribution in [3.63, 3.8) is 0 Å². The van der Waals surface area contributed by atoms with Crippen LogP contribution >= 0.6 is 23.1 Å². The molecule has 0 spiro atoms. The minimum atomic E-state index is -4.31. The standard InChI is InChI=1S/C14H15F3N2O2S2/c1-19-12(20)10-8-3-2-4-9(8)23-11(10)18-13(19)22-6-5-21-7-14(15,16)17/h2-7H2,1H3. The molecule has 3 rings (SSSR count). The predicted octanol–water partition coefficient (Wildman–Crippen LogP) is 3.15. The van der Waals surface area contributed by atoms with Gasteiger partial charge in [-0.3, -0.25) is 9.36 Å². The van der Waals surface area contributed by atoms with Gasteiger partial charge < -0.3 is 4.74 Å². The fourth-order valence-corrected chi connectivity index (χ4v) is 4.74. The number of halogens is 3. The third-order valence-electron chi connectivity index (χ3n) is 3.63. The summed E-state index contributed by atoms with van der Waals surface area (Å²) in [5, 5.41) is 1.22. The van der Waals surface area contributed by atoms with Crippen LogP contribution in [0.4, 0.5) is 13.2 Å². The van der Waals surface area contributed by atoms with E-state index in [1.807, 2.05) is 0 Å². The fourth-order valence-electron chi connectivity index (χ4n) is 2.61. The van der Waals surface area contributed by atoms with Gasteiger partial charge in [-0.2, -0.15) is 13.2 Å². The van der Waals surface area contributed by atoms with Gasteiger partial charge in [0.1, 0.15) is 11.4 Å². The Morgan fingerprint density at radius 2 is 2.17 bits per heavy atom. The highest BCUT2D eigenvalue weighted by Crippen LogP contribution is 2.35. The van der Waals surface area contributed by atoms with E-state index < -0.39 is 12.8 Å². The Labute approximate surface area is 138 Å². The number of hydrogen-bond donors (Lipinski definition) is 0. The summed E-state index contributed by atoms with van der Waals surface area (Å²) in [5.41, 5.74) is 1.05. The first-order chi connectivity index (χ1) is 10.9. The van der Waals surface area contributed by atoms with Gasteiger partial charge in [0.15, 0.2) is 5.16 Å². The van der Waals surface area contributed by atoms with Crippen molar-refractivity contribution < 1.29 is 17.9 Å². The van der Waals surface area contributed by atoms with Crippen LogP contribution in [0.5, 0.6) is 0 Å². The van der Waals surface area contributed by atoms with Gasteiger partial charge in [-0.15, -0.1) is 11.3 Å². The molecule has 9 heteroatoms. The van der Waals surface area contributed by atoms with Crippen molar-refractivity contribution in [1.82, 2.24) is 9.55 Å². The molecule has 0 atom stereocenters. The van der Waals surface area contributed by atoms with Crippen LogP contribution in [0.2, 0.25) is 0 Å². The molecule has 23 heavy (non-hydrogen) atoms. The maximum Gasteiger partial charge on any atom is 0.411 e. The van der Waals surface area contributed by atoms with E-state index in [0.717, 1.165) is 29.7 Å². The molecule has 0 saturated carbocycles. The number of rotatable bonds is 5. The van der Waals surface area contributed by atoms with Crippen LogP contribution in [0.25, 0.3) is 10.2 Å². The van der Waals surface area contributed by atoms with E-state index in [2.05, 4.69) is 9.72 Å². The lowest BCUT2D eigenvalue weighted by Crippen LogP contribution is -2.21. The van der Waals surface area contributed by atoms with Crippen molar-refractivity contribution in [3.05, 3.63) is 20.8 Å². The highest BCUT2D eigenvalue weighted by Gasteiger charge is 2.27. The molecule has 0 unspecified atom stereocenters. The molecule has 2 aromatic heterocycles.